The highest BCUT2D eigenvalue weighted by molar-refractivity contribution is 7.17. The molecule has 3 aliphatic heterocycles. The Kier molecular flexibility index (Phi) is 4.43. The quantitative estimate of drug-likeness (QED) is 0.676. The Bertz CT molecular complexity index is 1070. The summed E-state index contributed by atoms with van der Waals surface area (Å²) in [6, 6.07) is 0.813. The van der Waals surface area contributed by atoms with Crippen molar-refractivity contribution in [2.75, 3.05) is 23.3 Å². The molecule has 2 atom stereocenters. The smallest absolute Gasteiger partial charge is 0.284 e. The lowest BCUT2D eigenvalue weighted by atomic mass is 9.93. The number of nitrogens with one attached hydrogen (secondary N) is 2. The number of carbonyl (C=O) groups is 1. The minimum absolute atomic E-state index is 0.00428. The maximum atomic E-state index is 13.2. The number of amides is 1. The molecule has 0 aliphatic carbocycles. The number of fused-ring (bicyclic) bond motifs is 4. The SMILES string of the molecule is Cn1cc(NC(=O)c2csc3ncc(N4C[C@H]5CC[C@H]4CN5)nc23)c(C(F)F)n1. The molecule has 1 amide bonds. The number of anilines is 2. The highest BCUT2D eigenvalue weighted by Crippen LogP contribution is 2.31. The third-order valence-electron chi connectivity index (χ3n) is 5.47. The topological polar surface area (TPSA) is 88.0 Å². The van der Waals surface area contributed by atoms with Gasteiger partial charge in [-0.2, -0.15) is 5.10 Å². The van der Waals surface area contributed by atoms with Gasteiger partial charge in [0.1, 0.15) is 16.2 Å². The van der Waals surface area contributed by atoms with E-state index in [-0.39, 0.29) is 5.69 Å². The number of aromatic nitrogens is 4. The van der Waals surface area contributed by atoms with Crippen molar-refractivity contribution < 1.29 is 13.6 Å². The fourth-order valence-electron chi connectivity index (χ4n) is 4.04. The third-order valence-corrected chi connectivity index (χ3v) is 6.34. The summed E-state index contributed by atoms with van der Waals surface area (Å²) in [6.45, 7) is 1.78. The average molecular weight is 419 g/mol. The van der Waals surface area contributed by atoms with Gasteiger partial charge in [-0.15, -0.1) is 11.3 Å². The van der Waals surface area contributed by atoms with Crippen molar-refractivity contribution in [2.45, 2.75) is 31.4 Å². The van der Waals surface area contributed by atoms with E-state index in [2.05, 4.69) is 25.6 Å². The first kappa shape index (κ1) is 18.4. The van der Waals surface area contributed by atoms with Crippen LogP contribution < -0.4 is 15.5 Å². The summed E-state index contributed by atoms with van der Waals surface area (Å²) in [5.41, 5.74) is 0.352. The number of hydrogen-bond donors (Lipinski definition) is 2. The summed E-state index contributed by atoms with van der Waals surface area (Å²) in [7, 11) is 1.53. The normalized spacial score (nSPS) is 21.3. The molecule has 3 saturated heterocycles. The summed E-state index contributed by atoms with van der Waals surface area (Å²) in [4.78, 5) is 24.9. The van der Waals surface area contributed by atoms with Crippen LogP contribution in [-0.2, 0) is 7.05 Å². The predicted octanol–water partition coefficient (Wildman–Crippen LogP) is 2.56. The number of nitrogens with zero attached hydrogens (tertiary/aromatic N) is 5. The number of thiophene rings is 1. The van der Waals surface area contributed by atoms with Crippen LogP contribution in [0.25, 0.3) is 10.3 Å². The lowest BCUT2D eigenvalue weighted by molar-refractivity contribution is 0.102. The van der Waals surface area contributed by atoms with Crippen LogP contribution in [0.5, 0.6) is 0 Å². The second kappa shape index (κ2) is 6.99. The van der Waals surface area contributed by atoms with Crippen molar-refractivity contribution in [1.29, 1.82) is 0 Å². The van der Waals surface area contributed by atoms with E-state index in [0.717, 1.165) is 31.7 Å². The van der Waals surface area contributed by atoms with Crippen LogP contribution in [-0.4, -0.2) is 50.8 Å². The minimum atomic E-state index is -2.78. The summed E-state index contributed by atoms with van der Waals surface area (Å²) in [5.74, 6) is 0.246. The molecule has 29 heavy (non-hydrogen) atoms. The maximum absolute atomic E-state index is 13.2. The predicted molar refractivity (Wildman–Crippen MR) is 106 cm³/mol. The van der Waals surface area contributed by atoms with Crippen molar-refractivity contribution in [2.24, 2.45) is 7.05 Å². The molecular formula is C18H19F2N7OS. The molecule has 0 saturated carbocycles. The number of hydrogen-bond acceptors (Lipinski definition) is 7. The van der Waals surface area contributed by atoms with Gasteiger partial charge in [0.25, 0.3) is 12.3 Å². The number of halogens is 2. The summed E-state index contributed by atoms with van der Waals surface area (Å²) in [5, 5.41) is 11.4. The van der Waals surface area contributed by atoms with Gasteiger partial charge >= 0.3 is 0 Å². The van der Waals surface area contributed by atoms with Crippen LogP contribution in [0.15, 0.2) is 17.8 Å². The maximum Gasteiger partial charge on any atom is 0.284 e. The molecule has 3 aromatic heterocycles. The molecule has 0 unspecified atom stereocenters. The van der Waals surface area contributed by atoms with Gasteiger partial charge in [0.05, 0.1) is 17.4 Å². The Balaban J connectivity index is 1.45. The van der Waals surface area contributed by atoms with Crippen molar-refractivity contribution in [3.63, 3.8) is 0 Å². The van der Waals surface area contributed by atoms with Gasteiger partial charge in [0.15, 0.2) is 5.69 Å². The number of piperidine rings is 2. The van der Waals surface area contributed by atoms with Gasteiger partial charge in [-0.25, -0.2) is 18.7 Å². The first-order valence-electron chi connectivity index (χ1n) is 9.37. The highest BCUT2D eigenvalue weighted by Gasteiger charge is 2.34. The number of alkyl halides is 2. The molecule has 0 spiro atoms. The zero-order valence-corrected chi connectivity index (χ0v) is 16.4. The lowest BCUT2D eigenvalue weighted by Crippen LogP contribution is -2.61. The molecule has 3 aromatic rings. The van der Waals surface area contributed by atoms with Crippen LogP contribution in [0.2, 0.25) is 0 Å². The Morgan fingerprint density at radius 3 is 2.97 bits per heavy atom. The van der Waals surface area contributed by atoms with E-state index >= 15 is 0 Å². The minimum Gasteiger partial charge on any atom is -0.349 e. The van der Waals surface area contributed by atoms with E-state index in [1.165, 1.54) is 29.3 Å². The van der Waals surface area contributed by atoms with Gasteiger partial charge < -0.3 is 15.5 Å². The van der Waals surface area contributed by atoms with E-state index < -0.39 is 18.0 Å². The molecule has 0 aromatic carbocycles. The molecule has 6 rings (SSSR count). The van der Waals surface area contributed by atoms with Crippen LogP contribution in [0.1, 0.15) is 35.3 Å². The zero-order chi connectivity index (χ0) is 20.1. The van der Waals surface area contributed by atoms with E-state index in [1.54, 1.807) is 11.6 Å². The molecule has 152 valence electrons. The fraction of sp³-hybridized carbons (Fsp3) is 0.444. The number of rotatable bonds is 4. The monoisotopic (exact) mass is 419 g/mol. The first-order valence-corrected chi connectivity index (χ1v) is 10.2. The highest BCUT2D eigenvalue weighted by atomic mass is 32.1. The fourth-order valence-corrected chi connectivity index (χ4v) is 4.87. The van der Waals surface area contributed by atoms with Crippen molar-refractivity contribution in [1.82, 2.24) is 25.1 Å². The average Bonchev–Trinajstić information content (AvgIpc) is 3.31. The second-order valence-electron chi connectivity index (χ2n) is 7.38. The third kappa shape index (κ3) is 3.23. The number of piperazine rings is 1. The van der Waals surface area contributed by atoms with Crippen molar-refractivity contribution in [3.8, 4) is 0 Å². The van der Waals surface area contributed by atoms with Gasteiger partial charge in [-0.3, -0.25) is 9.48 Å². The van der Waals surface area contributed by atoms with Crippen LogP contribution in [0.3, 0.4) is 0 Å². The molecule has 6 heterocycles. The Morgan fingerprint density at radius 1 is 1.41 bits per heavy atom. The summed E-state index contributed by atoms with van der Waals surface area (Å²) in [6.07, 6.45) is 2.59. The van der Waals surface area contributed by atoms with Gasteiger partial charge in [-0.05, 0) is 12.8 Å². The summed E-state index contributed by atoms with van der Waals surface area (Å²) >= 11 is 1.30. The first-order chi connectivity index (χ1) is 14.0. The van der Waals surface area contributed by atoms with Gasteiger partial charge in [0.2, 0.25) is 0 Å². The van der Waals surface area contributed by atoms with Crippen LogP contribution in [0.4, 0.5) is 20.3 Å². The Hall–Kier alpha value is -2.66. The van der Waals surface area contributed by atoms with Crippen molar-refractivity contribution >= 4 is 39.1 Å². The summed E-state index contributed by atoms with van der Waals surface area (Å²) < 4.78 is 27.6. The molecule has 3 fully saturated rings. The second-order valence-corrected chi connectivity index (χ2v) is 8.23. The molecule has 8 nitrogen and oxygen atoms in total. The number of aryl methyl sites for hydroxylation is 1. The Labute approximate surface area is 168 Å². The van der Waals surface area contributed by atoms with E-state index in [9.17, 15) is 13.6 Å². The van der Waals surface area contributed by atoms with Crippen LogP contribution in [0, 0.1) is 0 Å². The van der Waals surface area contributed by atoms with E-state index in [4.69, 9.17) is 4.98 Å². The van der Waals surface area contributed by atoms with Crippen molar-refractivity contribution in [3.05, 3.63) is 29.0 Å². The lowest BCUT2D eigenvalue weighted by Gasteiger charge is -2.46. The molecule has 0 radical (unpaired) electrons. The van der Waals surface area contributed by atoms with Gasteiger partial charge in [0, 0.05) is 43.8 Å². The standard InChI is InChI=1S/C18H19F2N7OS/c1-26-7-12(15(25-26)16(19)20)23-17(28)11-8-29-18-14(11)24-13(5-22-18)27-6-9-2-3-10(27)4-21-9/h5,7-10,16,21H,2-4,6H2,1H3,(H,23,28)/t9-,10+/m1/s1. The van der Waals surface area contributed by atoms with Crippen LogP contribution >= 0.6 is 11.3 Å². The number of carbonyl (C=O) groups excluding carboxylic acids is 1. The molecule has 3 aliphatic rings. The molecule has 2 bridgehead atoms. The molecular weight excluding hydrogens is 400 g/mol. The molecule has 2 N–H and O–H groups in total. The van der Waals surface area contributed by atoms with Gasteiger partial charge in [-0.1, -0.05) is 0 Å². The Morgan fingerprint density at radius 2 is 2.28 bits per heavy atom. The van der Waals surface area contributed by atoms with E-state index in [1.807, 2.05) is 0 Å². The molecule has 11 heteroatoms. The zero-order valence-electron chi connectivity index (χ0n) is 15.6. The van der Waals surface area contributed by atoms with E-state index in [0.29, 0.717) is 28.0 Å². The largest absolute Gasteiger partial charge is 0.349 e.